The molecule has 9 heteroatoms. The number of thioether (sulfide) groups is 1. The van der Waals surface area contributed by atoms with Crippen molar-refractivity contribution in [2.24, 2.45) is 0 Å². The third-order valence-electron chi connectivity index (χ3n) is 4.09. The first-order valence-corrected chi connectivity index (χ1v) is 12.0. The van der Waals surface area contributed by atoms with Gasteiger partial charge in [-0.05, 0) is 42.6 Å². The number of amides is 1. The van der Waals surface area contributed by atoms with Gasteiger partial charge in [0.05, 0.1) is 10.6 Å². The number of hydrogen-bond donors (Lipinski definition) is 0. The van der Waals surface area contributed by atoms with Crippen molar-refractivity contribution in [3.05, 3.63) is 45.6 Å². The van der Waals surface area contributed by atoms with Gasteiger partial charge >= 0.3 is 0 Å². The highest BCUT2D eigenvalue weighted by molar-refractivity contribution is 7.99. The van der Waals surface area contributed by atoms with Crippen molar-refractivity contribution in [3.8, 4) is 0 Å². The molecular formula is C17H19ClN2O3S3. The van der Waals surface area contributed by atoms with E-state index >= 15 is 0 Å². The van der Waals surface area contributed by atoms with Crippen LogP contribution in [-0.2, 0) is 10.0 Å². The maximum atomic E-state index is 13.1. The third kappa shape index (κ3) is 3.88. The first-order chi connectivity index (χ1) is 12.4. The standard InChI is InChI=1S/C17H19ClN2O3S3/c1-2-20(26(22,23)14-5-3-13(18)4-6-14)15-7-10-25-16(15)17(21)19-8-11-24-12-9-19/h3-7,10H,2,8-9,11-12H2,1H3. The molecule has 0 atom stereocenters. The fourth-order valence-corrected chi connectivity index (χ4v) is 6.21. The van der Waals surface area contributed by atoms with Crippen LogP contribution < -0.4 is 4.31 Å². The van der Waals surface area contributed by atoms with Crippen molar-refractivity contribution >= 4 is 56.3 Å². The predicted octanol–water partition coefficient (Wildman–Crippen LogP) is 3.81. The Morgan fingerprint density at radius 1 is 1.19 bits per heavy atom. The Bertz CT molecular complexity index is 875. The fourth-order valence-electron chi connectivity index (χ4n) is 2.77. The van der Waals surface area contributed by atoms with Crippen molar-refractivity contribution in [2.75, 3.05) is 35.4 Å². The summed E-state index contributed by atoms with van der Waals surface area (Å²) in [5.41, 5.74) is 0.440. The van der Waals surface area contributed by atoms with Crippen molar-refractivity contribution in [1.29, 1.82) is 0 Å². The number of anilines is 1. The van der Waals surface area contributed by atoms with Crippen molar-refractivity contribution in [3.63, 3.8) is 0 Å². The molecule has 0 radical (unpaired) electrons. The Morgan fingerprint density at radius 2 is 1.85 bits per heavy atom. The van der Waals surface area contributed by atoms with Crippen molar-refractivity contribution < 1.29 is 13.2 Å². The van der Waals surface area contributed by atoms with Crippen molar-refractivity contribution in [1.82, 2.24) is 4.90 Å². The van der Waals surface area contributed by atoms with Gasteiger partial charge in [-0.1, -0.05) is 11.6 Å². The Kier molecular flexibility index (Phi) is 6.17. The lowest BCUT2D eigenvalue weighted by Crippen LogP contribution is -2.39. The minimum Gasteiger partial charge on any atom is -0.336 e. The third-order valence-corrected chi connectivity index (χ3v) is 8.08. The lowest BCUT2D eigenvalue weighted by Gasteiger charge is -2.28. The highest BCUT2D eigenvalue weighted by atomic mass is 35.5. The number of hydrogen-bond acceptors (Lipinski definition) is 5. The molecule has 1 aromatic carbocycles. The van der Waals surface area contributed by atoms with Crippen LogP contribution in [0.15, 0.2) is 40.6 Å². The Labute approximate surface area is 167 Å². The van der Waals surface area contributed by atoms with E-state index < -0.39 is 10.0 Å². The number of nitrogens with zero attached hydrogens (tertiary/aromatic N) is 2. The monoisotopic (exact) mass is 430 g/mol. The quantitative estimate of drug-likeness (QED) is 0.723. The second-order valence-electron chi connectivity index (χ2n) is 5.66. The molecule has 140 valence electrons. The molecule has 5 nitrogen and oxygen atoms in total. The molecule has 0 saturated carbocycles. The summed E-state index contributed by atoms with van der Waals surface area (Å²) >= 11 is 8.98. The van der Waals surface area contributed by atoms with Gasteiger partial charge in [0.15, 0.2) is 0 Å². The molecule has 1 aliphatic heterocycles. The lowest BCUT2D eigenvalue weighted by atomic mass is 10.3. The maximum Gasteiger partial charge on any atom is 0.266 e. The molecule has 0 unspecified atom stereocenters. The van der Waals surface area contributed by atoms with Gasteiger partial charge in [-0.2, -0.15) is 11.8 Å². The van der Waals surface area contributed by atoms with Crippen LogP contribution in [0.5, 0.6) is 0 Å². The van der Waals surface area contributed by atoms with E-state index in [1.165, 1.54) is 27.8 Å². The van der Waals surface area contributed by atoms with Gasteiger partial charge in [-0.15, -0.1) is 11.3 Å². The summed E-state index contributed by atoms with van der Waals surface area (Å²) in [5, 5.41) is 2.24. The first kappa shape index (κ1) is 19.5. The summed E-state index contributed by atoms with van der Waals surface area (Å²) in [4.78, 5) is 15.3. The van der Waals surface area contributed by atoms with Crippen LogP contribution in [0, 0.1) is 0 Å². The fraction of sp³-hybridized carbons (Fsp3) is 0.353. The summed E-state index contributed by atoms with van der Waals surface area (Å²) < 4.78 is 27.5. The topological polar surface area (TPSA) is 57.7 Å². The van der Waals surface area contributed by atoms with E-state index in [0.717, 1.165) is 11.5 Å². The molecule has 1 amide bonds. The number of rotatable bonds is 5. The molecule has 26 heavy (non-hydrogen) atoms. The molecular weight excluding hydrogens is 412 g/mol. The number of carbonyl (C=O) groups excluding carboxylic acids is 1. The van der Waals surface area contributed by atoms with E-state index in [4.69, 9.17) is 11.6 Å². The van der Waals surface area contributed by atoms with Crippen LogP contribution in [0.2, 0.25) is 5.02 Å². The maximum absolute atomic E-state index is 13.1. The molecule has 0 bridgehead atoms. The second-order valence-corrected chi connectivity index (χ2v) is 10.1. The predicted molar refractivity (Wildman–Crippen MR) is 109 cm³/mol. The van der Waals surface area contributed by atoms with E-state index in [9.17, 15) is 13.2 Å². The molecule has 1 fully saturated rings. The van der Waals surface area contributed by atoms with Gasteiger partial charge in [0.25, 0.3) is 15.9 Å². The SMILES string of the molecule is CCN(c1ccsc1C(=O)N1CCSCC1)S(=O)(=O)c1ccc(Cl)cc1. The Balaban J connectivity index is 1.95. The molecule has 0 aliphatic carbocycles. The molecule has 1 aliphatic rings. The largest absolute Gasteiger partial charge is 0.336 e. The van der Waals surface area contributed by atoms with Crippen LogP contribution in [0.25, 0.3) is 0 Å². The van der Waals surface area contributed by atoms with Gasteiger partial charge in [-0.3, -0.25) is 9.10 Å². The molecule has 1 aromatic heterocycles. The van der Waals surface area contributed by atoms with Crippen LogP contribution in [0.1, 0.15) is 16.6 Å². The van der Waals surface area contributed by atoms with Crippen LogP contribution in [-0.4, -0.2) is 50.4 Å². The van der Waals surface area contributed by atoms with E-state index in [-0.39, 0.29) is 17.3 Å². The van der Waals surface area contributed by atoms with Gasteiger partial charge in [-0.25, -0.2) is 8.42 Å². The lowest BCUT2D eigenvalue weighted by molar-refractivity contribution is 0.0778. The zero-order valence-corrected chi connectivity index (χ0v) is 17.4. The number of benzene rings is 1. The normalized spacial score (nSPS) is 15.1. The molecule has 0 spiro atoms. The zero-order valence-electron chi connectivity index (χ0n) is 14.2. The zero-order chi connectivity index (χ0) is 18.7. The Morgan fingerprint density at radius 3 is 2.46 bits per heavy atom. The average molecular weight is 431 g/mol. The van der Waals surface area contributed by atoms with Gasteiger partial charge < -0.3 is 4.90 Å². The number of halogens is 1. The summed E-state index contributed by atoms with van der Waals surface area (Å²) in [7, 11) is -3.77. The summed E-state index contributed by atoms with van der Waals surface area (Å²) in [5.74, 6) is 1.72. The average Bonchev–Trinajstić information content (AvgIpc) is 3.12. The van der Waals surface area contributed by atoms with Crippen LogP contribution >= 0.6 is 34.7 Å². The Hall–Kier alpha value is -1.22. The minimum absolute atomic E-state index is 0.0972. The molecule has 2 aromatic rings. The van der Waals surface area contributed by atoms with E-state index in [1.807, 2.05) is 11.8 Å². The molecule has 3 rings (SSSR count). The second kappa shape index (κ2) is 8.21. The summed E-state index contributed by atoms with van der Waals surface area (Å²) in [6.07, 6.45) is 0. The van der Waals surface area contributed by atoms with Crippen molar-refractivity contribution in [2.45, 2.75) is 11.8 Å². The smallest absolute Gasteiger partial charge is 0.266 e. The number of carbonyl (C=O) groups is 1. The highest BCUT2D eigenvalue weighted by Crippen LogP contribution is 2.32. The summed E-state index contributed by atoms with van der Waals surface area (Å²) in [6, 6.07) is 7.76. The molecule has 1 saturated heterocycles. The van der Waals surface area contributed by atoms with Crippen LogP contribution in [0.3, 0.4) is 0 Å². The van der Waals surface area contributed by atoms with E-state index in [1.54, 1.807) is 35.4 Å². The highest BCUT2D eigenvalue weighted by Gasteiger charge is 2.30. The van der Waals surface area contributed by atoms with Gasteiger partial charge in [0.1, 0.15) is 4.88 Å². The van der Waals surface area contributed by atoms with E-state index in [0.29, 0.717) is 28.7 Å². The van der Waals surface area contributed by atoms with Gasteiger partial charge in [0, 0.05) is 36.2 Å². The minimum atomic E-state index is -3.77. The molecule has 0 N–H and O–H groups in total. The molecule has 2 heterocycles. The van der Waals surface area contributed by atoms with Gasteiger partial charge in [0.2, 0.25) is 0 Å². The van der Waals surface area contributed by atoms with E-state index in [2.05, 4.69) is 0 Å². The summed E-state index contributed by atoms with van der Waals surface area (Å²) in [6.45, 7) is 3.38. The number of sulfonamides is 1. The first-order valence-electron chi connectivity index (χ1n) is 8.18. The number of thiophene rings is 1. The van der Waals surface area contributed by atoms with Crippen LogP contribution in [0.4, 0.5) is 5.69 Å².